The molecule has 1 aromatic carbocycles. The van der Waals surface area contributed by atoms with E-state index in [0.29, 0.717) is 35.9 Å². The van der Waals surface area contributed by atoms with Gasteiger partial charge in [-0.3, -0.25) is 9.59 Å². The summed E-state index contributed by atoms with van der Waals surface area (Å²) < 4.78 is 15.8. The second-order valence-corrected chi connectivity index (χ2v) is 5.66. The van der Waals surface area contributed by atoms with Crippen LogP contribution < -0.4 is 19.5 Å². The van der Waals surface area contributed by atoms with Crippen molar-refractivity contribution in [2.75, 3.05) is 34.4 Å². The van der Waals surface area contributed by atoms with E-state index in [1.807, 2.05) is 0 Å². The molecule has 0 atom stereocenters. The van der Waals surface area contributed by atoms with Crippen molar-refractivity contribution in [1.82, 2.24) is 10.2 Å². The number of nitrogens with one attached hydrogen (secondary N) is 1. The lowest BCUT2D eigenvalue weighted by atomic mass is 10.0. The van der Waals surface area contributed by atoms with Crippen LogP contribution in [0.25, 0.3) is 0 Å². The number of carbonyl (C=O) groups excluding carboxylic acids is 2. The lowest BCUT2D eigenvalue weighted by Gasteiger charge is -2.31. The highest BCUT2D eigenvalue weighted by Crippen LogP contribution is 2.34. The van der Waals surface area contributed by atoms with Crippen molar-refractivity contribution in [3.05, 3.63) is 17.7 Å². The standard InChI is InChI=1S/C17H24N2O5/c1-11(20)19-7-5-12(6-8-19)18-17(21)13-9-15(23-3)16(24-4)10-14(13)22-2/h9-10,12H,5-8H2,1-4H3,(H,18,21). The number of likely N-dealkylation sites (tertiary alicyclic amines) is 1. The Hall–Kier alpha value is -2.44. The molecule has 24 heavy (non-hydrogen) atoms. The normalized spacial score (nSPS) is 14.9. The third kappa shape index (κ3) is 3.90. The Morgan fingerprint density at radius 2 is 1.54 bits per heavy atom. The van der Waals surface area contributed by atoms with Gasteiger partial charge in [-0.1, -0.05) is 0 Å². The number of benzene rings is 1. The van der Waals surface area contributed by atoms with Crippen LogP contribution >= 0.6 is 0 Å². The largest absolute Gasteiger partial charge is 0.496 e. The van der Waals surface area contributed by atoms with E-state index >= 15 is 0 Å². The van der Waals surface area contributed by atoms with Crippen molar-refractivity contribution in [2.24, 2.45) is 0 Å². The predicted octanol–water partition coefficient (Wildman–Crippen LogP) is 1.45. The fourth-order valence-electron chi connectivity index (χ4n) is 2.81. The Morgan fingerprint density at radius 3 is 2.04 bits per heavy atom. The van der Waals surface area contributed by atoms with E-state index in [-0.39, 0.29) is 17.9 Å². The number of hydrogen-bond donors (Lipinski definition) is 1. The molecule has 2 amide bonds. The molecule has 1 aromatic rings. The molecule has 132 valence electrons. The minimum absolute atomic E-state index is 0.0332. The number of nitrogens with zero attached hydrogens (tertiary/aromatic N) is 1. The molecule has 1 aliphatic rings. The molecule has 7 heteroatoms. The molecule has 0 aromatic heterocycles. The Bertz CT molecular complexity index is 609. The summed E-state index contributed by atoms with van der Waals surface area (Å²) in [4.78, 5) is 25.8. The van der Waals surface area contributed by atoms with Crippen molar-refractivity contribution in [3.8, 4) is 17.2 Å². The zero-order valence-electron chi connectivity index (χ0n) is 14.5. The highest BCUT2D eigenvalue weighted by atomic mass is 16.5. The van der Waals surface area contributed by atoms with E-state index in [2.05, 4.69) is 5.32 Å². The average molecular weight is 336 g/mol. The summed E-state index contributed by atoms with van der Waals surface area (Å²) in [5.74, 6) is 1.23. The first-order chi connectivity index (χ1) is 11.5. The van der Waals surface area contributed by atoms with Crippen LogP contribution in [0, 0.1) is 0 Å². The van der Waals surface area contributed by atoms with Crippen molar-refractivity contribution in [3.63, 3.8) is 0 Å². The van der Waals surface area contributed by atoms with Crippen LogP contribution in [0.2, 0.25) is 0 Å². The Balaban J connectivity index is 2.11. The number of methoxy groups -OCH3 is 3. The minimum Gasteiger partial charge on any atom is -0.496 e. The van der Waals surface area contributed by atoms with Gasteiger partial charge in [-0.2, -0.15) is 0 Å². The molecule has 1 saturated heterocycles. The molecule has 1 fully saturated rings. The van der Waals surface area contributed by atoms with E-state index in [1.165, 1.54) is 21.3 Å². The average Bonchev–Trinajstić information content (AvgIpc) is 2.60. The number of amides is 2. The third-order valence-electron chi connectivity index (χ3n) is 4.23. The van der Waals surface area contributed by atoms with Gasteiger partial charge in [0.2, 0.25) is 5.91 Å². The lowest BCUT2D eigenvalue weighted by Crippen LogP contribution is -2.46. The van der Waals surface area contributed by atoms with E-state index < -0.39 is 0 Å². The maximum atomic E-state index is 12.6. The summed E-state index contributed by atoms with van der Waals surface area (Å²) in [5.41, 5.74) is 0.393. The molecule has 0 spiro atoms. The summed E-state index contributed by atoms with van der Waals surface area (Å²) in [7, 11) is 4.55. The first-order valence-electron chi connectivity index (χ1n) is 7.86. The van der Waals surface area contributed by atoms with Crippen molar-refractivity contribution in [2.45, 2.75) is 25.8 Å². The summed E-state index contributed by atoms with van der Waals surface area (Å²) in [6, 6.07) is 3.27. The van der Waals surface area contributed by atoms with Crippen LogP contribution in [0.1, 0.15) is 30.1 Å². The van der Waals surface area contributed by atoms with Crippen molar-refractivity contribution >= 4 is 11.8 Å². The van der Waals surface area contributed by atoms with Crippen LogP contribution in [-0.4, -0.2) is 57.2 Å². The van der Waals surface area contributed by atoms with Gasteiger partial charge in [0.05, 0.1) is 26.9 Å². The molecule has 0 unspecified atom stereocenters. The molecule has 1 aliphatic heterocycles. The predicted molar refractivity (Wildman–Crippen MR) is 88.8 cm³/mol. The molecular weight excluding hydrogens is 312 g/mol. The molecule has 1 N–H and O–H groups in total. The topological polar surface area (TPSA) is 77.1 Å². The smallest absolute Gasteiger partial charge is 0.255 e. The lowest BCUT2D eigenvalue weighted by molar-refractivity contribution is -0.129. The van der Waals surface area contributed by atoms with Gasteiger partial charge in [-0.25, -0.2) is 0 Å². The molecule has 7 nitrogen and oxygen atoms in total. The zero-order valence-corrected chi connectivity index (χ0v) is 14.5. The van der Waals surface area contributed by atoms with Gasteiger partial charge < -0.3 is 24.4 Å². The van der Waals surface area contributed by atoms with E-state index in [4.69, 9.17) is 14.2 Å². The van der Waals surface area contributed by atoms with Gasteiger partial charge in [0.15, 0.2) is 11.5 Å². The number of rotatable bonds is 5. The van der Waals surface area contributed by atoms with Crippen LogP contribution in [0.15, 0.2) is 12.1 Å². The first-order valence-corrected chi connectivity index (χ1v) is 7.86. The zero-order chi connectivity index (χ0) is 17.7. The van der Waals surface area contributed by atoms with Crippen molar-refractivity contribution < 1.29 is 23.8 Å². The van der Waals surface area contributed by atoms with Gasteiger partial charge in [0.25, 0.3) is 5.91 Å². The van der Waals surface area contributed by atoms with Crippen LogP contribution in [-0.2, 0) is 4.79 Å². The fraction of sp³-hybridized carbons (Fsp3) is 0.529. The number of carbonyl (C=O) groups is 2. The maximum absolute atomic E-state index is 12.6. The molecular formula is C17H24N2O5. The molecule has 0 radical (unpaired) electrons. The number of piperidine rings is 1. The molecule has 0 bridgehead atoms. The maximum Gasteiger partial charge on any atom is 0.255 e. The summed E-state index contributed by atoms with van der Waals surface area (Å²) in [6.07, 6.45) is 1.47. The summed E-state index contributed by atoms with van der Waals surface area (Å²) >= 11 is 0. The Labute approximate surface area is 141 Å². The minimum atomic E-state index is -0.228. The van der Waals surface area contributed by atoms with Crippen LogP contribution in [0.3, 0.4) is 0 Å². The molecule has 1 heterocycles. The quantitative estimate of drug-likeness (QED) is 0.881. The summed E-state index contributed by atoms with van der Waals surface area (Å²) in [6.45, 7) is 2.88. The molecule has 0 saturated carbocycles. The Morgan fingerprint density at radius 1 is 1.00 bits per heavy atom. The number of ether oxygens (including phenoxy) is 3. The number of hydrogen-bond acceptors (Lipinski definition) is 5. The van der Waals surface area contributed by atoms with Crippen LogP contribution in [0.4, 0.5) is 0 Å². The SMILES string of the molecule is COc1cc(OC)c(C(=O)NC2CCN(C(C)=O)CC2)cc1OC. The van der Waals surface area contributed by atoms with E-state index in [0.717, 1.165) is 12.8 Å². The second-order valence-electron chi connectivity index (χ2n) is 5.66. The van der Waals surface area contributed by atoms with E-state index in [1.54, 1.807) is 24.0 Å². The molecule has 0 aliphatic carbocycles. The highest BCUT2D eigenvalue weighted by molar-refractivity contribution is 5.98. The van der Waals surface area contributed by atoms with Gasteiger partial charge in [0.1, 0.15) is 5.75 Å². The van der Waals surface area contributed by atoms with Gasteiger partial charge >= 0.3 is 0 Å². The fourth-order valence-corrected chi connectivity index (χ4v) is 2.81. The second kappa shape index (κ2) is 7.90. The third-order valence-corrected chi connectivity index (χ3v) is 4.23. The van der Waals surface area contributed by atoms with E-state index in [9.17, 15) is 9.59 Å². The van der Waals surface area contributed by atoms with Crippen LogP contribution in [0.5, 0.6) is 17.2 Å². The van der Waals surface area contributed by atoms with Gasteiger partial charge in [-0.15, -0.1) is 0 Å². The van der Waals surface area contributed by atoms with Gasteiger partial charge in [0, 0.05) is 38.2 Å². The highest BCUT2D eigenvalue weighted by Gasteiger charge is 2.24. The van der Waals surface area contributed by atoms with Crippen molar-refractivity contribution in [1.29, 1.82) is 0 Å². The van der Waals surface area contributed by atoms with Gasteiger partial charge in [-0.05, 0) is 12.8 Å². The molecule has 2 rings (SSSR count). The summed E-state index contributed by atoms with van der Waals surface area (Å²) in [5, 5.41) is 3.00. The Kier molecular flexibility index (Phi) is 5.89. The first kappa shape index (κ1) is 17.9. The monoisotopic (exact) mass is 336 g/mol.